The summed E-state index contributed by atoms with van der Waals surface area (Å²) in [6.45, 7) is 1.84. The number of aryl methyl sites for hydroxylation is 1. The average Bonchev–Trinajstić information content (AvgIpc) is 3.07. The minimum Gasteiger partial charge on any atom is -0.481 e. The number of alkyl halides is 7. The van der Waals surface area contributed by atoms with Gasteiger partial charge in [0.2, 0.25) is 0 Å². The first-order valence-corrected chi connectivity index (χ1v) is 16.5. The molecule has 0 amide bonds. The third-order valence-corrected chi connectivity index (χ3v) is 8.84. The lowest BCUT2D eigenvalue weighted by Gasteiger charge is -2.24. The van der Waals surface area contributed by atoms with Crippen LogP contribution in [0.5, 0.6) is 11.5 Å². The minimum absolute atomic E-state index is 0.210. The number of carboxylic acids is 1. The molecule has 1 N–H and O–H groups in total. The van der Waals surface area contributed by atoms with E-state index in [1.54, 1.807) is 24.5 Å². The van der Waals surface area contributed by atoms with Crippen molar-refractivity contribution in [2.75, 3.05) is 0 Å². The SMILES string of the molecule is Cc1cc(-c2ccc(OC(F)(F)F)cc2)c2ncccc2c1[C](CC(=O)O)Cc1c(CBr)cc(-c2ccc(OC(F)(F)F)cc2)c2ncccc12. The van der Waals surface area contributed by atoms with Crippen LogP contribution in [0.15, 0.2) is 97.3 Å². The van der Waals surface area contributed by atoms with Gasteiger partial charge < -0.3 is 14.6 Å². The Morgan fingerprint density at radius 1 is 0.745 bits per heavy atom. The lowest BCUT2D eigenvalue weighted by molar-refractivity contribution is -0.275. The second kappa shape index (κ2) is 14.2. The molecule has 0 spiro atoms. The van der Waals surface area contributed by atoms with Crippen LogP contribution in [-0.2, 0) is 16.5 Å². The van der Waals surface area contributed by atoms with E-state index in [1.165, 1.54) is 48.5 Å². The Kier molecular flexibility index (Phi) is 9.94. The van der Waals surface area contributed by atoms with Crippen molar-refractivity contribution in [2.24, 2.45) is 0 Å². The quantitative estimate of drug-likeness (QED) is 0.110. The predicted octanol–water partition coefficient (Wildman–Crippen LogP) is 10.8. The summed E-state index contributed by atoms with van der Waals surface area (Å²) in [6, 6.07) is 21.9. The highest BCUT2D eigenvalue weighted by Crippen LogP contribution is 2.41. The van der Waals surface area contributed by atoms with Crippen molar-refractivity contribution in [3.8, 4) is 33.8 Å². The van der Waals surface area contributed by atoms with Gasteiger partial charge in [0.25, 0.3) is 0 Å². The molecule has 51 heavy (non-hydrogen) atoms. The van der Waals surface area contributed by atoms with E-state index in [-0.39, 0.29) is 24.3 Å². The first kappa shape index (κ1) is 35.6. The molecule has 0 saturated heterocycles. The topological polar surface area (TPSA) is 81.5 Å². The standard InChI is InChI=1S/C38H26BrF6N2O4/c1-21-16-31(22-6-10-26(11-7-22)50-37(40,41)42)36-29(5-3-15-47-36)34(21)24(19-33(48)49)17-30-25(20-39)18-32(35-28(30)4-2-14-46-35)23-8-12-27(13-9-23)51-38(43,44)45/h2-16,18H,17,19-20H2,1H3,(H,48,49). The summed E-state index contributed by atoms with van der Waals surface area (Å²) in [7, 11) is 0. The number of hydrogen-bond donors (Lipinski definition) is 1. The second-order valence-corrected chi connectivity index (χ2v) is 12.2. The van der Waals surface area contributed by atoms with Gasteiger partial charge >= 0.3 is 18.7 Å². The van der Waals surface area contributed by atoms with Crippen LogP contribution in [0.3, 0.4) is 0 Å². The maximum Gasteiger partial charge on any atom is 0.573 e. The molecule has 0 aliphatic rings. The fraction of sp³-hybridized carbons (Fsp3) is 0.158. The Hall–Kier alpha value is -5.17. The number of aromatic nitrogens is 2. The smallest absolute Gasteiger partial charge is 0.481 e. The van der Waals surface area contributed by atoms with Gasteiger partial charge in [-0.25, -0.2) is 0 Å². The fourth-order valence-corrected chi connectivity index (χ4v) is 6.80. The number of hydrogen-bond acceptors (Lipinski definition) is 5. The Bertz CT molecular complexity index is 2220. The number of ether oxygens (including phenoxy) is 2. The molecule has 6 rings (SSSR count). The Labute approximate surface area is 295 Å². The van der Waals surface area contributed by atoms with Crippen LogP contribution >= 0.6 is 15.9 Å². The van der Waals surface area contributed by atoms with Crippen molar-refractivity contribution in [3.05, 3.63) is 125 Å². The molecule has 4 aromatic carbocycles. The Morgan fingerprint density at radius 3 is 1.73 bits per heavy atom. The molecule has 0 fully saturated rings. The first-order valence-electron chi connectivity index (χ1n) is 15.3. The molecule has 1 radical (unpaired) electrons. The molecular weight excluding hydrogens is 742 g/mol. The molecular formula is C38H26BrF6N2O4. The van der Waals surface area contributed by atoms with Crippen molar-refractivity contribution in [3.63, 3.8) is 0 Å². The summed E-state index contributed by atoms with van der Waals surface area (Å²) in [5.41, 5.74) is 6.68. The molecule has 0 aliphatic heterocycles. The minimum atomic E-state index is -4.83. The molecule has 0 aliphatic carbocycles. The zero-order chi connectivity index (χ0) is 36.5. The number of fused-ring (bicyclic) bond motifs is 2. The lowest BCUT2D eigenvalue weighted by Crippen LogP contribution is -2.17. The molecule has 6 aromatic rings. The number of carboxylic acid groups (broad SMARTS) is 1. The molecule has 13 heteroatoms. The number of pyridine rings is 2. The van der Waals surface area contributed by atoms with Gasteiger partial charge in [0.05, 0.1) is 17.5 Å². The zero-order valence-electron chi connectivity index (χ0n) is 26.6. The van der Waals surface area contributed by atoms with Gasteiger partial charge in [0.15, 0.2) is 0 Å². The number of rotatable bonds is 10. The number of nitrogens with zero attached hydrogens (tertiary/aromatic N) is 2. The number of halogens is 7. The van der Waals surface area contributed by atoms with E-state index in [2.05, 4.69) is 35.4 Å². The van der Waals surface area contributed by atoms with Gasteiger partial charge in [-0.2, -0.15) is 0 Å². The number of carbonyl (C=O) groups is 1. The van der Waals surface area contributed by atoms with Crippen LogP contribution in [0, 0.1) is 12.8 Å². The van der Waals surface area contributed by atoms with Crippen LogP contribution in [-0.4, -0.2) is 33.8 Å². The van der Waals surface area contributed by atoms with E-state index in [4.69, 9.17) is 0 Å². The Morgan fingerprint density at radius 2 is 1.24 bits per heavy atom. The van der Waals surface area contributed by atoms with E-state index in [1.807, 2.05) is 31.2 Å². The second-order valence-electron chi connectivity index (χ2n) is 11.6. The lowest BCUT2D eigenvalue weighted by atomic mass is 9.80. The molecule has 2 aromatic heterocycles. The van der Waals surface area contributed by atoms with Gasteiger partial charge in [-0.15, -0.1) is 26.3 Å². The summed E-state index contributed by atoms with van der Waals surface area (Å²) in [5, 5.41) is 11.9. The molecule has 6 nitrogen and oxygen atoms in total. The summed E-state index contributed by atoms with van der Waals surface area (Å²) in [4.78, 5) is 21.6. The van der Waals surface area contributed by atoms with Crippen LogP contribution < -0.4 is 9.47 Å². The normalized spacial score (nSPS) is 12.1. The predicted molar refractivity (Wildman–Crippen MR) is 183 cm³/mol. The van der Waals surface area contributed by atoms with Crippen LogP contribution in [0.2, 0.25) is 0 Å². The van der Waals surface area contributed by atoms with Crippen LogP contribution in [0.4, 0.5) is 26.3 Å². The summed E-state index contributed by atoms with van der Waals surface area (Å²) in [6.07, 6.45) is -6.56. The van der Waals surface area contributed by atoms with Crippen molar-refractivity contribution < 1.29 is 45.7 Å². The molecule has 0 saturated carbocycles. The van der Waals surface area contributed by atoms with E-state index in [0.29, 0.717) is 55.5 Å². The average molecular weight is 769 g/mol. The third kappa shape index (κ3) is 8.09. The monoisotopic (exact) mass is 767 g/mol. The fourth-order valence-electron chi connectivity index (χ4n) is 6.30. The van der Waals surface area contributed by atoms with E-state index in [0.717, 1.165) is 22.1 Å². The highest BCUT2D eigenvalue weighted by Gasteiger charge is 2.32. The number of benzene rings is 4. The van der Waals surface area contributed by atoms with E-state index >= 15 is 0 Å². The maximum atomic E-state index is 12.8. The summed E-state index contributed by atoms with van der Waals surface area (Å²) < 4.78 is 84.7. The zero-order valence-corrected chi connectivity index (χ0v) is 28.2. The van der Waals surface area contributed by atoms with Crippen molar-refractivity contribution in [1.82, 2.24) is 9.97 Å². The van der Waals surface area contributed by atoms with E-state index in [9.17, 15) is 36.2 Å². The summed E-state index contributed by atoms with van der Waals surface area (Å²) >= 11 is 3.58. The highest BCUT2D eigenvalue weighted by atomic mass is 79.9. The van der Waals surface area contributed by atoms with Gasteiger partial charge in [0.1, 0.15) is 11.5 Å². The van der Waals surface area contributed by atoms with Crippen molar-refractivity contribution in [1.29, 1.82) is 0 Å². The van der Waals surface area contributed by atoms with Gasteiger partial charge in [-0.1, -0.05) is 52.3 Å². The van der Waals surface area contributed by atoms with Gasteiger partial charge in [-0.05, 0) is 95.3 Å². The van der Waals surface area contributed by atoms with E-state index < -0.39 is 18.7 Å². The third-order valence-electron chi connectivity index (χ3n) is 8.23. The number of aliphatic carboxylic acids is 1. The maximum absolute atomic E-state index is 12.8. The summed E-state index contributed by atoms with van der Waals surface area (Å²) in [5.74, 6) is -1.18. The molecule has 2 heterocycles. The van der Waals surface area contributed by atoms with Gasteiger partial charge in [0, 0.05) is 45.5 Å². The molecule has 0 bridgehead atoms. The van der Waals surface area contributed by atoms with Crippen LogP contribution in [0.1, 0.15) is 28.7 Å². The van der Waals surface area contributed by atoms with Crippen molar-refractivity contribution >= 4 is 43.7 Å². The molecule has 0 atom stereocenters. The van der Waals surface area contributed by atoms with Crippen LogP contribution in [0.25, 0.3) is 44.1 Å². The van der Waals surface area contributed by atoms with Gasteiger partial charge in [-0.3, -0.25) is 14.8 Å². The largest absolute Gasteiger partial charge is 0.573 e. The first-order chi connectivity index (χ1) is 24.2. The van der Waals surface area contributed by atoms with Crippen molar-refractivity contribution in [2.45, 2.75) is 37.8 Å². The Balaban J connectivity index is 1.45. The highest BCUT2D eigenvalue weighted by molar-refractivity contribution is 9.08. The molecule has 0 unspecified atom stereocenters. The molecule has 261 valence electrons.